The quantitative estimate of drug-likeness (QED) is 0.791. The molecule has 1 N–H and O–H groups in total. The molecule has 0 aliphatic rings. The molecule has 1 amide bonds. The van der Waals surface area contributed by atoms with E-state index in [4.69, 9.17) is 0 Å². The van der Waals surface area contributed by atoms with Crippen LogP contribution in [0, 0.1) is 6.92 Å². The van der Waals surface area contributed by atoms with Crippen molar-refractivity contribution in [3.63, 3.8) is 0 Å². The number of benzene rings is 1. The molecule has 2 heterocycles. The van der Waals surface area contributed by atoms with Gasteiger partial charge >= 0.3 is 0 Å². The van der Waals surface area contributed by atoms with Gasteiger partial charge in [-0.2, -0.15) is 0 Å². The van der Waals surface area contributed by atoms with Crippen molar-refractivity contribution in [2.75, 3.05) is 5.32 Å². The molecular weight excluding hydrogens is 250 g/mol. The van der Waals surface area contributed by atoms with Crippen LogP contribution in [0.3, 0.4) is 0 Å². The number of nitrogens with zero attached hydrogens (tertiary/aromatic N) is 2. The molecule has 0 saturated carbocycles. The van der Waals surface area contributed by atoms with Crippen molar-refractivity contribution < 1.29 is 4.79 Å². The number of hydrogen-bond acceptors (Lipinski definition) is 2. The summed E-state index contributed by atoms with van der Waals surface area (Å²) in [5.74, 6) is 0.544. The first-order valence-electron chi connectivity index (χ1n) is 6.49. The van der Waals surface area contributed by atoms with Crippen LogP contribution in [0.2, 0.25) is 0 Å². The first-order valence-corrected chi connectivity index (χ1v) is 6.49. The maximum absolute atomic E-state index is 12.1. The van der Waals surface area contributed by atoms with Crippen molar-refractivity contribution in [3.8, 4) is 0 Å². The number of pyridine rings is 1. The van der Waals surface area contributed by atoms with Crippen molar-refractivity contribution in [1.29, 1.82) is 0 Å². The standard InChI is InChI=1S/C16H15N3O/c1-12-5-4-9-17-16(12)18-15(20)11-19-10-8-13-6-2-3-7-14(13)19/h2-10H,11H2,1H3,(H,17,18,20). The molecule has 4 nitrogen and oxygen atoms in total. The van der Waals surface area contributed by atoms with Crippen LogP contribution in [0.15, 0.2) is 54.9 Å². The second-order valence-corrected chi connectivity index (χ2v) is 4.72. The fraction of sp³-hybridized carbons (Fsp3) is 0.125. The Morgan fingerprint density at radius 1 is 1.20 bits per heavy atom. The molecule has 1 aromatic carbocycles. The van der Waals surface area contributed by atoms with Crippen LogP contribution >= 0.6 is 0 Å². The van der Waals surface area contributed by atoms with Crippen molar-refractivity contribution in [3.05, 3.63) is 60.4 Å². The normalized spacial score (nSPS) is 10.7. The van der Waals surface area contributed by atoms with Crippen LogP contribution in [0.4, 0.5) is 5.82 Å². The summed E-state index contributed by atoms with van der Waals surface area (Å²) in [6, 6.07) is 13.8. The molecule has 0 saturated heterocycles. The smallest absolute Gasteiger partial charge is 0.245 e. The number of hydrogen-bond donors (Lipinski definition) is 1. The van der Waals surface area contributed by atoms with Crippen molar-refractivity contribution in [2.45, 2.75) is 13.5 Å². The molecule has 100 valence electrons. The molecule has 20 heavy (non-hydrogen) atoms. The summed E-state index contributed by atoms with van der Waals surface area (Å²) < 4.78 is 1.93. The number of amides is 1. The minimum atomic E-state index is -0.0758. The lowest BCUT2D eigenvalue weighted by molar-refractivity contribution is -0.116. The number of carbonyl (C=O) groups excluding carboxylic acids is 1. The molecule has 0 unspecified atom stereocenters. The first-order chi connectivity index (χ1) is 9.74. The lowest BCUT2D eigenvalue weighted by atomic mass is 10.2. The van der Waals surface area contributed by atoms with E-state index in [2.05, 4.69) is 10.3 Å². The molecule has 0 fully saturated rings. The predicted molar refractivity (Wildman–Crippen MR) is 79.5 cm³/mol. The van der Waals surface area contributed by atoms with Crippen molar-refractivity contribution in [2.24, 2.45) is 0 Å². The monoisotopic (exact) mass is 265 g/mol. The molecule has 0 radical (unpaired) electrons. The number of aryl methyl sites for hydroxylation is 1. The lowest BCUT2D eigenvalue weighted by Gasteiger charge is -2.08. The van der Waals surface area contributed by atoms with Gasteiger partial charge in [0, 0.05) is 17.9 Å². The van der Waals surface area contributed by atoms with E-state index >= 15 is 0 Å². The van der Waals surface area contributed by atoms with E-state index < -0.39 is 0 Å². The average Bonchev–Trinajstić information content (AvgIpc) is 2.85. The summed E-state index contributed by atoms with van der Waals surface area (Å²) >= 11 is 0. The van der Waals surface area contributed by atoms with Crippen molar-refractivity contribution >= 4 is 22.6 Å². The van der Waals surface area contributed by atoms with Gasteiger partial charge in [0.05, 0.1) is 0 Å². The second-order valence-electron chi connectivity index (χ2n) is 4.72. The van der Waals surface area contributed by atoms with Crippen LogP contribution < -0.4 is 5.32 Å². The number of fused-ring (bicyclic) bond motifs is 1. The Balaban J connectivity index is 1.78. The zero-order chi connectivity index (χ0) is 13.9. The number of para-hydroxylation sites is 1. The van der Waals surface area contributed by atoms with Gasteiger partial charge in [-0.25, -0.2) is 4.98 Å². The number of rotatable bonds is 3. The van der Waals surface area contributed by atoms with Crippen LogP contribution in [-0.4, -0.2) is 15.5 Å². The molecule has 3 aromatic rings. The van der Waals surface area contributed by atoms with E-state index in [0.717, 1.165) is 16.5 Å². The first kappa shape index (κ1) is 12.4. The van der Waals surface area contributed by atoms with E-state index in [1.807, 2.05) is 60.2 Å². The molecular formula is C16H15N3O. The van der Waals surface area contributed by atoms with E-state index in [1.165, 1.54) is 0 Å². The second kappa shape index (κ2) is 5.17. The third-order valence-corrected chi connectivity index (χ3v) is 3.26. The zero-order valence-corrected chi connectivity index (χ0v) is 11.2. The largest absolute Gasteiger partial charge is 0.338 e. The highest BCUT2D eigenvalue weighted by Gasteiger charge is 2.08. The van der Waals surface area contributed by atoms with E-state index in [1.54, 1.807) is 6.20 Å². The van der Waals surface area contributed by atoms with Crippen molar-refractivity contribution in [1.82, 2.24) is 9.55 Å². The molecule has 0 aliphatic heterocycles. The topological polar surface area (TPSA) is 46.9 Å². The Hall–Kier alpha value is -2.62. The Morgan fingerprint density at radius 3 is 2.90 bits per heavy atom. The number of aromatic nitrogens is 2. The molecule has 0 spiro atoms. The molecule has 0 atom stereocenters. The minimum Gasteiger partial charge on any atom is -0.338 e. The van der Waals surface area contributed by atoms with Gasteiger partial charge in [-0.05, 0) is 36.1 Å². The van der Waals surface area contributed by atoms with Crippen LogP contribution in [0.25, 0.3) is 10.9 Å². The minimum absolute atomic E-state index is 0.0758. The zero-order valence-electron chi connectivity index (χ0n) is 11.2. The third kappa shape index (κ3) is 2.40. The fourth-order valence-corrected chi connectivity index (χ4v) is 2.22. The maximum atomic E-state index is 12.1. The summed E-state index contributed by atoms with van der Waals surface area (Å²) in [5.41, 5.74) is 2.01. The molecule has 0 aliphatic carbocycles. The predicted octanol–water partition coefficient (Wildman–Crippen LogP) is 2.98. The lowest BCUT2D eigenvalue weighted by Crippen LogP contribution is -2.19. The highest BCUT2D eigenvalue weighted by atomic mass is 16.2. The van der Waals surface area contributed by atoms with Crippen LogP contribution in [-0.2, 0) is 11.3 Å². The van der Waals surface area contributed by atoms with Gasteiger partial charge < -0.3 is 9.88 Å². The third-order valence-electron chi connectivity index (χ3n) is 3.26. The van der Waals surface area contributed by atoms with E-state index in [0.29, 0.717) is 5.82 Å². The Bertz CT molecular complexity index is 761. The number of nitrogens with one attached hydrogen (secondary N) is 1. The fourth-order valence-electron chi connectivity index (χ4n) is 2.22. The highest BCUT2D eigenvalue weighted by molar-refractivity contribution is 5.91. The maximum Gasteiger partial charge on any atom is 0.245 e. The van der Waals surface area contributed by atoms with E-state index in [-0.39, 0.29) is 12.5 Å². The summed E-state index contributed by atoms with van der Waals surface area (Å²) in [6.45, 7) is 2.21. The molecule has 3 rings (SSSR count). The molecule has 2 aromatic heterocycles. The van der Waals surface area contributed by atoms with Crippen LogP contribution in [0.5, 0.6) is 0 Å². The summed E-state index contributed by atoms with van der Waals surface area (Å²) in [6.07, 6.45) is 3.60. The van der Waals surface area contributed by atoms with E-state index in [9.17, 15) is 4.79 Å². The molecule has 0 bridgehead atoms. The number of carbonyl (C=O) groups is 1. The van der Waals surface area contributed by atoms with Gasteiger partial charge in [-0.15, -0.1) is 0 Å². The average molecular weight is 265 g/mol. The number of anilines is 1. The highest BCUT2D eigenvalue weighted by Crippen LogP contribution is 2.15. The molecule has 4 heteroatoms. The Labute approximate surface area is 117 Å². The Morgan fingerprint density at radius 2 is 2.05 bits per heavy atom. The SMILES string of the molecule is Cc1cccnc1NC(=O)Cn1ccc2ccccc21. The summed E-state index contributed by atoms with van der Waals surface area (Å²) in [7, 11) is 0. The summed E-state index contributed by atoms with van der Waals surface area (Å²) in [4.78, 5) is 16.3. The van der Waals surface area contributed by atoms with Crippen LogP contribution in [0.1, 0.15) is 5.56 Å². The van der Waals surface area contributed by atoms with Gasteiger partial charge in [-0.3, -0.25) is 4.79 Å². The van der Waals surface area contributed by atoms with Gasteiger partial charge in [0.15, 0.2) is 0 Å². The summed E-state index contributed by atoms with van der Waals surface area (Å²) in [5, 5.41) is 3.98. The Kier molecular flexibility index (Phi) is 3.21. The van der Waals surface area contributed by atoms with Gasteiger partial charge in [0.1, 0.15) is 12.4 Å². The van der Waals surface area contributed by atoms with Gasteiger partial charge in [-0.1, -0.05) is 24.3 Å². The van der Waals surface area contributed by atoms with Gasteiger partial charge in [0.2, 0.25) is 5.91 Å². The van der Waals surface area contributed by atoms with Gasteiger partial charge in [0.25, 0.3) is 0 Å².